The topological polar surface area (TPSA) is 41.6 Å². The first-order chi connectivity index (χ1) is 10.8. The van der Waals surface area contributed by atoms with Crippen molar-refractivity contribution in [2.45, 2.75) is 39.0 Å². The number of thiophene rings is 1. The first-order valence-electron chi connectivity index (χ1n) is 7.71. The highest BCUT2D eigenvalue weighted by atomic mass is 35.5. The molecule has 0 spiro atoms. The third-order valence-electron chi connectivity index (χ3n) is 3.69. The molecule has 0 atom stereocenters. The molecule has 0 bridgehead atoms. The fourth-order valence-corrected chi connectivity index (χ4v) is 3.95. The average Bonchev–Trinajstić information content (AvgIpc) is 2.72. The van der Waals surface area contributed by atoms with Gasteiger partial charge in [-0.1, -0.05) is 29.8 Å². The molecule has 23 heavy (non-hydrogen) atoms. The van der Waals surface area contributed by atoms with Crippen molar-refractivity contribution in [1.82, 2.24) is 10.2 Å². The number of nitrogens with one attached hydrogen (secondary N) is 1. The normalized spacial score (nSPS) is 15.7. The van der Waals surface area contributed by atoms with Crippen LogP contribution < -0.4 is 5.32 Å². The van der Waals surface area contributed by atoms with Crippen molar-refractivity contribution < 1.29 is 9.53 Å². The molecule has 1 aromatic heterocycles. The summed E-state index contributed by atoms with van der Waals surface area (Å²) in [5, 5.41) is 5.41. The molecular weight excluding hydrogens is 332 g/mol. The summed E-state index contributed by atoms with van der Waals surface area (Å²) < 4.78 is 6.56. The molecule has 0 aliphatic carbocycles. The average molecular weight is 353 g/mol. The minimum atomic E-state index is -0.444. The molecule has 1 aliphatic heterocycles. The van der Waals surface area contributed by atoms with Gasteiger partial charge >= 0.3 is 6.09 Å². The van der Waals surface area contributed by atoms with Gasteiger partial charge in [-0.3, -0.25) is 0 Å². The zero-order chi connectivity index (χ0) is 16.6. The summed E-state index contributed by atoms with van der Waals surface area (Å²) in [6.07, 6.45) is -0.240. The van der Waals surface area contributed by atoms with Crippen LogP contribution in [0.15, 0.2) is 24.3 Å². The van der Waals surface area contributed by atoms with E-state index in [0.29, 0.717) is 19.1 Å². The molecule has 1 aliphatic rings. The van der Waals surface area contributed by atoms with E-state index in [1.54, 1.807) is 16.2 Å². The highest BCUT2D eigenvalue weighted by molar-refractivity contribution is 7.19. The summed E-state index contributed by atoms with van der Waals surface area (Å²) in [4.78, 5) is 14.7. The molecule has 124 valence electrons. The van der Waals surface area contributed by atoms with Gasteiger partial charge in [-0.15, -0.1) is 11.3 Å². The molecule has 2 heterocycles. The van der Waals surface area contributed by atoms with Crippen molar-refractivity contribution in [3.8, 4) is 0 Å². The molecule has 0 radical (unpaired) electrons. The van der Waals surface area contributed by atoms with Gasteiger partial charge in [0.25, 0.3) is 0 Å². The van der Waals surface area contributed by atoms with Crippen LogP contribution in [0, 0.1) is 0 Å². The number of carbonyl (C=O) groups excluding carboxylic acids is 1. The molecule has 1 fully saturated rings. The second-order valence-corrected chi connectivity index (χ2v) is 8.31. The van der Waals surface area contributed by atoms with E-state index in [1.165, 1.54) is 4.70 Å². The monoisotopic (exact) mass is 352 g/mol. The van der Waals surface area contributed by atoms with Gasteiger partial charge in [-0.25, -0.2) is 4.79 Å². The molecule has 0 unspecified atom stereocenters. The summed E-state index contributed by atoms with van der Waals surface area (Å²) in [6, 6.07) is 8.46. The molecule has 1 aromatic carbocycles. The number of fused-ring (bicyclic) bond motifs is 1. The molecule has 4 nitrogen and oxygen atoms in total. The lowest BCUT2D eigenvalue weighted by Crippen LogP contribution is -2.60. The van der Waals surface area contributed by atoms with Crippen LogP contribution in [0.25, 0.3) is 10.1 Å². The van der Waals surface area contributed by atoms with Crippen molar-refractivity contribution in [2.24, 2.45) is 0 Å². The van der Waals surface area contributed by atoms with Crippen molar-refractivity contribution in [1.29, 1.82) is 0 Å². The smallest absolute Gasteiger partial charge is 0.410 e. The molecule has 0 saturated carbocycles. The van der Waals surface area contributed by atoms with Crippen molar-refractivity contribution in [3.63, 3.8) is 0 Å². The maximum Gasteiger partial charge on any atom is 0.410 e. The quantitative estimate of drug-likeness (QED) is 0.897. The van der Waals surface area contributed by atoms with Gasteiger partial charge in [-0.05, 0) is 26.8 Å². The number of likely N-dealkylation sites (tertiary alicyclic amines) is 1. The van der Waals surface area contributed by atoms with Gasteiger partial charge in [-0.2, -0.15) is 0 Å². The minimum Gasteiger partial charge on any atom is -0.444 e. The lowest BCUT2D eigenvalue weighted by atomic mass is 10.1. The number of hydrogen-bond donors (Lipinski definition) is 1. The molecule has 6 heteroatoms. The zero-order valence-corrected chi connectivity index (χ0v) is 15.1. The Labute approximate surface area is 145 Å². The Balaban J connectivity index is 1.51. The predicted molar refractivity (Wildman–Crippen MR) is 95.3 cm³/mol. The van der Waals surface area contributed by atoms with Crippen LogP contribution in [0.1, 0.15) is 25.6 Å². The van der Waals surface area contributed by atoms with Gasteiger partial charge in [0.05, 0.1) is 5.02 Å². The first kappa shape index (κ1) is 16.6. The van der Waals surface area contributed by atoms with Gasteiger partial charge in [0, 0.05) is 40.6 Å². The number of rotatable bonds is 3. The Morgan fingerprint density at radius 2 is 2.09 bits per heavy atom. The molecule has 1 N–H and O–H groups in total. The number of carbonyl (C=O) groups is 1. The Hall–Kier alpha value is -1.30. The number of amides is 1. The van der Waals surface area contributed by atoms with Crippen molar-refractivity contribution >= 4 is 39.1 Å². The summed E-state index contributed by atoms with van der Waals surface area (Å²) in [5.74, 6) is 0. The Morgan fingerprint density at radius 3 is 2.74 bits per heavy atom. The van der Waals surface area contributed by atoms with Crippen LogP contribution in [0.2, 0.25) is 5.02 Å². The Kier molecular flexibility index (Phi) is 4.54. The van der Waals surface area contributed by atoms with Crippen LogP contribution in [-0.2, 0) is 11.3 Å². The molecular formula is C17H21ClN2O2S. The van der Waals surface area contributed by atoms with E-state index >= 15 is 0 Å². The van der Waals surface area contributed by atoms with Gasteiger partial charge in [0.2, 0.25) is 0 Å². The summed E-state index contributed by atoms with van der Waals surface area (Å²) in [5.41, 5.74) is -0.444. The largest absolute Gasteiger partial charge is 0.444 e. The number of ether oxygens (including phenoxy) is 1. The second kappa shape index (κ2) is 6.30. The lowest BCUT2D eigenvalue weighted by Gasteiger charge is -2.40. The highest BCUT2D eigenvalue weighted by Crippen LogP contribution is 2.35. The Morgan fingerprint density at radius 1 is 1.39 bits per heavy atom. The van der Waals surface area contributed by atoms with Crippen molar-refractivity contribution in [2.75, 3.05) is 13.1 Å². The van der Waals surface area contributed by atoms with Gasteiger partial charge in [0.15, 0.2) is 0 Å². The fraction of sp³-hybridized carbons (Fsp3) is 0.471. The van der Waals surface area contributed by atoms with Gasteiger partial charge < -0.3 is 15.0 Å². The van der Waals surface area contributed by atoms with E-state index in [2.05, 4.69) is 11.4 Å². The van der Waals surface area contributed by atoms with Crippen LogP contribution >= 0.6 is 22.9 Å². The number of benzene rings is 1. The van der Waals surface area contributed by atoms with Gasteiger partial charge in [0.1, 0.15) is 5.60 Å². The van der Waals surface area contributed by atoms with E-state index in [4.69, 9.17) is 16.3 Å². The van der Waals surface area contributed by atoms with E-state index in [-0.39, 0.29) is 6.09 Å². The van der Waals surface area contributed by atoms with Crippen LogP contribution in [0.5, 0.6) is 0 Å². The van der Waals surface area contributed by atoms with Crippen LogP contribution in [0.3, 0.4) is 0 Å². The standard InChI is InChI=1S/C17H21ClN2O2S/c1-17(2,3)22-16(21)20-9-11(10-20)19-8-14-15(18)12-6-4-5-7-13(12)23-14/h4-7,11,19H,8-10H2,1-3H3. The molecule has 2 aromatic rings. The molecule has 1 amide bonds. The van der Waals surface area contributed by atoms with E-state index < -0.39 is 5.60 Å². The second-order valence-electron chi connectivity index (χ2n) is 6.80. The highest BCUT2D eigenvalue weighted by Gasteiger charge is 2.33. The Bertz CT molecular complexity index is 717. The van der Waals surface area contributed by atoms with Crippen molar-refractivity contribution in [3.05, 3.63) is 34.2 Å². The fourth-order valence-electron chi connectivity index (χ4n) is 2.50. The maximum absolute atomic E-state index is 11.9. The third-order valence-corrected chi connectivity index (χ3v) is 5.40. The number of halogens is 1. The van der Waals surface area contributed by atoms with E-state index in [0.717, 1.165) is 21.8 Å². The third kappa shape index (κ3) is 3.79. The first-order valence-corrected chi connectivity index (χ1v) is 8.90. The number of hydrogen-bond acceptors (Lipinski definition) is 4. The summed E-state index contributed by atoms with van der Waals surface area (Å²) in [6.45, 7) is 7.72. The van der Waals surface area contributed by atoms with E-state index in [1.807, 2.05) is 39.0 Å². The SMILES string of the molecule is CC(C)(C)OC(=O)N1CC(NCc2sc3ccccc3c2Cl)C1. The van der Waals surface area contributed by atoms with E-state index in [9.17, 15) is 4.79 Å². The lowest BCUT2D eigenvalue weighted by molar-refractivity contribution is 0.00521. The zero-order valence-electron chi connectivity index (χ0n) is 13.6. The van der Waals surface area contributed by atoms with Crippen LogP contribution in [0.4, 0.5) is 4.79 Å². The number of nitrogens with zero attached hydrogens (tertiary/aromatic N) is 1. The summed E-state index contributed by atoms with van der Waals surface area (Å²) in [7, 11) is 0. The predicted octanol–water partition coefficient (Wildman–Crippen LogP) is 4.26. The summed E-state index contributed by atoms with van der Waals surface area (Å²) >= 11 is 8.16. The molecule has 3 rings (SSSR count). The maximum atomic E-state index is 11.9. The molecule has 1 saturated heterocycles. The van der Waals surface area contributed by atoms with Crippen LogP contribution in [-0.4, -0.2) is 35.7 Å². The minimum absolute atomic E-state index is 0.240.